The van der Waals surface area contributed by atoms with Gasteiger partial charge in [-0.1, -0.05) is 58.9 Å². The Hall–Kier alpha value is -2.15. The summed E-state index contributed by atoms with van der Waals surface area (Å²) in [7, 11) is 0. The highest BCUT2D eigenvalue weighted by molar-refractivity contribution is 5.95. The minimum atomic E-state index is 0.128. The van der Waals surface area contributed by atoms with Crippen molar-refractivity contribution in [2.45, 2.75) is 59.8 Å². The molecule has 0 atom stereocenters. The molecule has 130 valence electrons. The summed E-state index contributed by atoms with van der Waals surface area (Å²) in [6.07, 6.45) is 1.94. The molecule has 0 radical (unpaired) electrons. The average molecular weight is 332 g/mol. The van der Waals surface area contributed by atoms with Gasteiger partial charge in [0.15, 0.2) is 0 Å². The molecule has 0 fully saturated rings. The lowest BCUT2D eigenvalue weighted by molar-refractivity contribution is 0.590. The Labute approximate surface area is 152 Å². The summed E-state index contributed by atoms with van der Waals surface area (Å²) < 4.78 is 0. The van der Waals surface area contributed by atoms with Gasteiger partial charge in [0.1, 0.15) is 0 Å². The predicted molar refractivity (Wildman–Crippen MR) is 109 cm³/mol. The number of hydrogen-bond donors (Lipinski definition) is 0. The third-order valence-electron chi connectivity index (χ3n) is 5.24. The van der Waals surface area contributed by atoms with Crippen molar-refractivity contribution in [2.75, 3.05) is 0 Å². The van der Waals surface area contributed by atoms with Crippen LogP contribution in [0.3, 0.4) is 0 Å². The molecule has 0 unspecified atom stereocenters. The van der Waals surface area contributed by atoms with Gasteiger partial charge in [-0.25, -0.2) is 0 Å². The molecule has 1 aromatic heterocycles. The molecule has 25 heavy (non-hydrogen) atoms. The van der Waals surface area contributed by atoms with Crippen molar-refractivity contribution in [1.29, 1.82) is 0 Å². The fraction of sp³-hybridized carbons (Fsp3) is 0.375. The van der Waals surface area contributed by atoms with Gasteiger partial charge >= 0.3 is 0 Å². The third kappa shape index (κ3) is 3.33. The second-order valence-electron chi connectivity index (χ2n) is 8.51. The van der Waals surface area contributed by atoms with Crippen molar-refractivity contribution in [1.82, 2.24) is 4.98 Å². The molecule has 0 bridgehead atoms. The van der Waals surface area contributed by atoms with E-state index in [0.717, 1.165) is 5.69 Å². The molecule has 1 heterocycles. The first-order valence-corrected chi connectivity index (χ1v) is 9.19. The molecule has 1 nitrogen and oxygen atoms in total. The van der Waals surface area contributed by atoms with Crippen LogP contribution in [0.15, 0.2) is 42.6 Å². The lowest BCUT2D eigenvalue weighted by atomic mass is 9.83. The molecule has 3 aromatic rings. The Morgan fingerprint density at radius 2 is 1.64 bits per heavy atom. The number of rotatable bonds is 2. The molecule has 0 amide bonds. The molecule has 0 aliphatic heterocycles. The predicted octanol–water partition coefficient (Wildman–Crippen LogP) is 6.94. The monoisotopic (exact) mass is 331 g/mol. The van der Waals surface area contributed by atoms with Gasteiger partial charge in [0.2, 0.25) is 0 Å². The van der Waals surface area contributed by atoms with E-state index in [2.05, 4.69) is 84.9 Å². The van der Waals surface area contributed by atoms with Crippen LogP contribution >= 0.6 is 0 Å². The number of benzene rings is 2. The largest absolute Gasteiger partial charge is 0.256 e. The Bertz CT molecular complexity index is 927. The summed E-state index contributed by atoms with van der Waals surface area (Å²) in [5.41, 5.74) is 7.88. The van der Waals surface area contributed by atoms with Gasteiger partial charge < -0.3 is 0 Å². The van der Waals surface area contributed by atoms with Crippen LogP contribution < -0.4 is 0 Å². The van der Waals surface area contributed by atoms with Crippen LogP contribution in [0.4, 0.5) is 0 Å². The summed E-state index contributed by atoms with van der Waals surface area (Å²) in [5.74, 6) is 0.536. The molecule has 0 aliphatic rings. The van der Waals surface area contributed by atoms with E-state index in [1.165, 1.54) is 38.6 Å². The van der Waals surface area contributed by atoms with Gasteiger partial charge in [-0.3, -0.25) is 4.98 Å². The van der Waals surface area contributed by atoms with E-state index in [0.29, 0.717) is 5.92 Å². The van der Waals surface area contributed by atoms with Gasteiger partial charge in [0.05, 0.1) is 5.69 Å². The maximum atomic E-state index is 4.78. The van der Waals surface area contributed by atoms with Crippen LogP contribution in [0, 0.1) is 13.8 Å². The number of fused-ring (bicyclic) bond motifs is 1. The van der Waals surface area contributed by atoms with Crippen molar-refractivity contribution < 1.29 is 0 Å². The molecule has 2 aromatic carbocycles. The van der Waals surface area contributed by atoms with E-state index in [9.17, 15) is 0 Å². The first-order valence-electron chi connectivity index (χ1n) is 9.19. The van der Waals surface area contributed by atoms with E-state index >= 15 is 0 Å². The van der Waals surface area contributed by atoms with E-state index in [1.54, 1.807) is 0 Å². The van der Waals surface area contributed by atoms with E-state index in [-0.39, 0.29) is 5.41 Å². The number of aryl methyl sites for hydroxylation is 1. The van der Waals surface area contributed by atoms with Crippen LogP contribution in [0.5, 0.6) is 0 Å². The minimum Gasteiger partial charge on any atom is -0.256 e. The topological polar surface area (TPSA) is 12.9 Å². The summed E-state index contributed by atoms with van der Waals surface area (Å²) in [4.78, 5) is 4.78. The Morgan fingerprint density at radius 3 is 2.28 bits per heavy atom. The summed E-state index contributed by atoms with van der Waals surface area (Å²) >= 11 is 0. The van der Waals surface area contributed by atoms with Crippen LogP contribution in [0.25, 0.3) is 22.0 Å². The zero-order chi connectivity index (χ0) is 18.4. The van der Waals surface area contributed by atoms with Gasteiger partial charge in [-0.15, -0.1) is 0 Å². The molecule has 0 spiro atoms. The standard InChI is InChI=1S/C24H29N/c1-15(2)18-8-9-21-19(13-18)10-11-25-23(21)22-14-20(24(5,6)7)12-16(3)17(22)4/h8-15H,1-7H3. The maximum Gasteiger partial charge on any atom is 0.0783 e. The maximum absolute atomic E-state index is 4.78. The van der Waals surface area contributed by atoms with Crippen LogP contribution in [0.2, 0.25) is 0 Å². The highest BCUT2D eigenvalue weighted by Crippen LogP contribution is 2.35. The van der Waals surface area contributed by atoms with Crippen LogP contribution in [-0.4, -0.2) is 4.98 Å². The highest BCUT2D eigenvalue weighted by atomic mass is 14.7. The van der Waals surface area contributed by atoms with Crippen molar-refractivity contribution in [3.05, 3.63) is 64.8 Å². The normalized spacial score (nSPS) is 12.2. The molecule has 0 aliphatic carbocycles. The van der Waals surface area contributed by atoms with Crippen LogP contribution in [-0.2, 0) is 5.41 Å². The number of hydrogen-bond acceptors (Lipinski definition) is 1. The Morgan fingerprint density at radius 1 is 0.920 bits per heavy atom. The lowest BCUT2D eigenvalue weighted by Gasteiger charge is -2.22. The van der Waals surface area contributed by atoms with Gasteiger partial charge in [-0.05, 0) is 65.0 Å². The van der Waals surface area contributed by atoms with Gasteiger partial charge in [-0.2, -0.15) is 0 Å². The molecule has 3 rings (SSSR count). The quantitative estimate of drug-likeness (QED) is 0.495. The first kappa shape index (κ1) is 17.7. The lowest BCUT2D eigenvalue weighted by Crippen LogP contribution is -2.12. The zero-order valence-corrected chi connectivity index (χ0v) is 16.6. The number of nitrogens with zero attached hydrogens (tertiary/aromatic N) is 1. The molecule has 0 N–H and O–H groups in total. The van der Waals surface area contributed by atoms with Crippen molar-refractivity contribution in [3.8, 4) is 11.3 Å². The fourth-order valence-corrected chi connectivity index (χ4v) is 3.31. The molecule has 1 heteroatoms. The Kier molecular flexibility index (Phi) is 4.45. The van der Waals surface area contributed by atoms with Crippen LogP contribution in [0.1, 0.15) is 62.8 Å². The first-order chi connectivity index (χ1) is 11.7. The van der Waals surface area contributed by atoms with Crippen molar-refractivity contribution >= 4 is 10.8 Å². The highest BCUT2D eigenvalue weighted by Gasteiger charge is 2.18. The van der Waals surface area contributed by atoms with E-state index < -0.39 is 0 Å². The third-order valence-corrected chi connectivity index (χ3v) is 5.24. The number of aromatic nitrogens is 1. The molecule has 0 saturated heterocycles. The van der Waals surface area contributed by atoms with Gasteiger partial charge in [0.25, 0.3) is 0 Å². The van der Waals surface area contributed by atoms with E-state index in [4.69, 9.17) is 4.98 Å². The second kappa shape index (κ2) is 6.29. The smallest absolute Gasteiger partial charge is 0.0783 e. The average Bonchev–Trinajstić information content (AvgIpc) is 2.55. The molecule has 0 saturated carbocycles. The summed E-state index contributed by atoms with van der Waals surface area (Å²) in [5, 5.41) is 2.51. The summed E-state index contributed by atoms with van der Waals surface area (Å²) in [6, 6.07) is 13.6. The SMILES string of the molecule is Cc1cc(C(C)(C)C)cc(-c2nccc3cc(C(C)C)ccc23)c1C. The number of pyridine rings is 1. The fourth-order valence-electron chi connectivity index (χ4n) is 3.31. The molecular formula is C24H29N. The zero-order valence-electron chi connectivity index (χ0n) is 16.6. The second-order valence-corrected chi connectivity index (χ2v) is 8.51. The summed E-state index contributed by atoms with van der Waals surface area (Å²) in [6.45, 7) is 15.7. The van der Waals surface area contributed by atoms with Crippen molar-refractivity contribution in [2.24, 2.45) is 0 Å². The molecular weight excluding hydrogens is 302 g/mol. The van der Waals surface area contributed by atoms with Crippen molar-refractivity contribution in [3.63, 3.8) is 0 Å². The van der Waals surface area contributed by atoms with E-state index in [1.807, 2.05) is 6.20 Å². The Balaban J connectivity index is 2.28. The van der Waals surface area contributed by atoms with Gasteiger partial charge in [0, 0.05) is 17.1 Å². The minimum absolute atomic E-state index is 0.128.